The Kier molecular flexibility index (Phi) is 4.75. The molecule has 0 spiro atoms. The smallest absolute Gasteiger partial charge is 0.261 e. The van der Waals surface area contributed by atoms with E-state index in [4.69, 9.17) is 9.47 Å². The first kappa shape index (κ1) is 17.8. The number of rotatable bonds is 5. The van der Waals surface area contributed by atoms with E-state index in [-0.39, 0.29) is 11.1 Å². The largest absolute Gasteiger partial charge is 0.493 e. The predicted octanol–water partition coefficient (Wildman–Crippen LogP) is 2.27. The number of aromatic nitrogens is 2. The third-order valence-corrected chi connectivity index (χ3v) is 6.73. The zero-order chi connectivity index (χ0) is 18.2. The SMILES string of the molecule is COc1ccc(C2CCCN2S(=O)(=O)c2c(C)cnn2C)cc1OC. The Balaban J connectivity index is 2.01. The Morgan fingerprint density at radius 3 is 2.52 bits per heavy atom. The van der Waals surface area contributed by atoms with Gasteiger partial charge in [0, 0.05) is 19.2 Å². The van der Waals surface area contributed by atoms with E-state index < -0.39 is 10.0 Å². The molecular weight excluding hydrogens is 342 g/mol. The van der Waals surface area contributed by atoms with Gasteiger partial charge in [-0.3, -0.25) is 4.68 Å². The summed E-state index contributed by atoms with van der Waals surface area (Å²) >= 11 is 0. The van der Waals surface area contributed by atoms with Gasteiger partial charge in [0.1, 0.15) is 0 Å². The number of sulfonamides is 1. The van der Waals surface area contributed by atoms with Gasteiger partial charge in [0.05, 0.1) is 26.5 Å². The quantitative estimate of drug-likeness (QED) is 0.813. The third kappa shape index (κ3) is 3.00. The minimum atomic E-state index is -3.63. The summed E-state index contributed by atoms with van der Waals surface area (Å²) in [5.41, 5.74) is 1.55. The molecule has 0 N–H and O–H groups in total. The molecule has 1 unspecified atom stereocenters. The Hall–Kier alpha value is -2.06. The number of nitrogens with zero attached hydrogens (tertiary/aromatic N) is 3. The Morgan fingerprint density at radius 2 is 1.92 bits per heavy atom. The van der Waals surface area contributed by atoms with Crippen LogP contribution in [-0.2, 0) is 17.1 Å². The number of hydrogen-bond donors (Lipinski definition) is 0. The molecule has 0 aliphatic carbocycles. The van der Waals surface area contributed by atoms with Crippen LogP contribution < -0.4 is 9.47 Å². The highest BCUT2D eigenvalue weighted by atomic mass is 32.2. The number of benzene rings is 1. The van der Waals surface area contributed by atoms with Gasteiger partial charge in [0.25, 0.3) is 10.0 Å². The lowest BCUT2D eigenvalue weighted by molar-refractivity contribution is 0.351. The zero-order valence-corrected chi connectivity index (χ0v) is 15.7. The highest BCUT2D eigenvalue weighted by Crippen LogP contribution is 2.40. The van der Waals surface area contributed by atoms with Crippen LogP contribution >= 0.6 is 0 Å². The molecule has 0 amide bonds. The van der Waals surface area contributed by atoms with Crippen molar-refractivity contribution in [2.75, 3.05) is 20.8 Å². The van der Waals surface area contributed by atoms with Gasteiger partial charge in [-0.25, -0.2) is 8.42 Å². The fourth-order valence-electron chi connectivity index (χ4n) is 3.44. The minimum Gasteiger partial charge on any atom is -0.493 e. The van der Waals surface area contributed by atoms with Crippen molar-refractivity contribution in [1.82, 2.24) is 14.1 Å². The van der Waals surface area contributed by atoms with Gasteiger partial charge in [-0.2, -0.15) is 9.40 Å². The molecule has 7 nitrogen and oxygen atoms in total. The van der Waals surface area contributed by atoms with Crippen LogP contribution in [0.5, 0.6) is 11.5 Å². The molecule has 1 aliphatic heterocycles. The summed E-state index contributed by atoms with van der Waals surface area (Å²) in [5, 5.41) is 4.33. The van der Waals surface area contributed by atoms with E-state index in [9.17, 15) is 8.42 Å². The highest BCUT2D eigenvalue weighted by Gasteiger charge is 2.38. The van der Waals surface area contributed by atoms with E-state index in [1.807, 2.05) is 18.2 Å². The number of ether oxygens (including phenoxy) is 2. The van der Waals surface area contributed by atoms with Gasteiger partial charge in [-0.1, -0.05) is 6.07 Å². The monoisotopic (exact) mass is 365 g/mol. The van der Waals surface area contributed by atoms with Crippen LogP contribution in [0.15, 0.2) is 29.4 Å². The lowest BCUT2D eigenvalue weighted by Gasteiger charge is -2.25. The summed E-state index contributed by atoms with van der Waals surface area (Å²) in [6.07, 6.45) is 3.16. The molecule has 1 aromatic heterocycles. The summed E-state index contributed by atoms with van der Waals surface area (Å²) in [6.45, 7) is 2.26. The molecule has 1 saturated heterocycles. The maximum atomic E-state index is 13.2. The van der Waals surface area contributed by atoms with E-state index in [1.165, 1.54) is 4.68 Å². The second-order valence-corrected chi connectivity index (χ2v) is 7.95. The lowest BCUT2D eigenvalue weighted by Crippen LogP contribution is -2.32. The Bertz CT molecular complexity index is 857. The molecule has 1 aliphatic rings. The van der Waals surface area contributed by atoms with Gasteiger partial charge in [0.2, 0.25) is 0 Å². The summed E-state index contributed by atoms with van der Waals surface area (Å²) in [7, 11) is 1.18. The van der Waals surface area contributed by atoms with Gasteiger partial charge >= 0.3 is 0 Å². The lowest BCUT2D eigenvalue weighted by atomic mass is 10.0. The summed E-state index contributed by atoms with van der Waals surface area (Å²) < 4.78 is 40.0. The van der Waals surface area contributed by atoms with E-state index in [1.54, 1.807) is 38.7 Å². The van der Waals surface area contributed by atoms with Crippen LogP contribution in [0.4, 0.5) is 0 Å². The molecule has 1 fully saturated rings. The van der Waals surface area contributed by atoms with Gasteiger partial charge < -0.3 is 9.47 Å². The molecule has 0 bridgehead atoms. The van der Waals surface area contributed by atoms with Crippen LogP contribution in [0.25, 0.3) is 0 Å². The molecule has 0 radical (unpaired) electrons. The molecule has 25 heavy (non-hydrogen) atoms. The molecule has 8 heteroatoms. The van der Waals surface area contributed by atoms with Crippen molar-refractivity contribution < 1.29 is 17.9 Å². The summed E-state index contributed by atoms with van der Waals surface area (Å²) in [6, 6.07) is 5.34. The number of methoxy groups -OCH3 is 2. The first-order valence-electron chi connectivity index (χ1n) is 8.12. The highest BCUT2D eigenvalue weighted by molar-refractivity contribution is 7.89. The van der Waals surface area contributed by atoms with Crippen molar-refractivity contribution >= 4 is 10.0 Å². The molecule has 1 aromatic carbocycles. The maximum Gasteiger partial charge on any atom is 0.261 e. The normalized spacial score (nSPS) is 18.5. The molecule has 0 saturated carbocycles. The van der Waals surface area contributed by atoms with Gasteiger partial charge in [-0.15, -0.1) is 0 Å². The second kappa shape index (κ2) is 6.68. The van der Waals surface area contributed by atoms with Crippen LogP contribution in [-0.4, -0.2) is 43.3 Å². The molecule has 1 atom stereocenters. The van der Waals surface area contributed by atoms with E-state index >= 15 is 0 Å². The minimum absolute atomic E-state index is 0.223. The zero-order valence-electron chi connectivity index (χ0n) is 14.9. The first-order valence-corrected chi connectivity index (χ1v) is 9.56. The topological polar surface area (TPSA) is 73.7 Å². The van der Waals surface area contributed by atoms with Gasteiger partial charge in [0.15, 0.2) is 16.5 Å². The Morgan fingerprint density at radius 1 is 1.20 bits per heavy atom. The molecule has 2 aromatic rings. The van der Waals surface area contributed by atoms with E-state index in [2.05, 4.69) is 5.10 Å². The van der Waals surface area contributed by atoms with Crippen LogP contribution in [0.1, 0.15) is 30.0 Å². The fourth-order valence-corrected chi connectivity index (χ4v) is 5.43. The maximum absolute atomic E-state index is 13.2. The van der Waals surface area contributed by atoms with Crippen LogP contribution in [0.2, 0.25) is 0 Å². The average molecular weight is 365 g/mol. The van der Waals surface area contributed by atoms with Crippen molar-refractivity contribution in [2.24, 2.45) is 7.05 Å². The summed E-state index contributed by atoms with van der Waals surface area (Å²) in [4.78, 5) is 0. The fraction of sp³-hybridized carbons (Fsp3) is 0.471. The Labute approximate surface area is 148 Å². The van der Waals surface area contributed by atoms with Crippen LogP contribution in [0, 0.1) is 6.92 Å². The molecule has 3 rings (SSSR count). The second-order valence-electron chi connectivity index (χ2n) is 6.14. The van der Waals surface area contributed by atoms with Crippen molar-refractivity contribution in [3.63, 3.8) is 0 Å². The van der Waals surface area contributed by atoms with Crippen LogP contribution in [0.3, 0.4) is 0 Å². The molecule has 136 valence electrons. The average Bonchev–Trinajstić information content (AvgIpc) is 3.21. The number of aryl methyl sites for hydroxylation is 2. The summed E-state index contributed by atoms with van der Waals surface area (Å²) in [5.74, 6) is 1.22. The first-order chi connectivity index (χ1) is 11.9. The van der Waals surface area contributed by atoms with E-state index in [0.29, 0.717) is 23.6 Å². The number of hydrogen-bond acceptors (Lipinski definition) is 5. The third-order valence-electron chi connectivity index (χ3n) is 4.60. The molecular formula is C17H23N3O4S. The standard InChI is InChI=1S/C17H23N3O4S/c1-12-11-18-19(2)17(12)25(21,22)20-9-5-6-14(20)13-7-8-15(23-3)16(10-13)24-4/h7-8,10-11,14H,5-6,9H2,1-4H3. The van der Waals surface area contributed by atoms with Crippen molar-refractivity contribution in [3.05, 3.63) is 35.5 Å². The predicted molar refractivity (Wildman–Crippen MR) is 93.4 cm³/mol. The van der Waals surface area contributed by atoms with E-state index in [0.717, 1.165) is 18.4 Å². The van der Waals surface area contributed by atoms with Gasteiger partial charge in [-0.05, 0) is 37.5 Å². The van der Waals surface area contributed by atoms with Crippen molar-refractivity contribution in [1.29, 1.82) is 0 Å². The van der Waals surface area contributed by atoms with Crippen molar-refractivity contribution in [2.45, 2.75) is 30.8 Å². The molecule has 2 heterocycles. The van der Waals surface area contributed by atoms with Crippen molar-refractivity contribution in [3.8, 4) is 11.5 Å².